The van der Waals surface area contributed by atoms with Gasteiger partial charge in [0.1, 0.15) is 5.52 Å². The van der Waals surface area contributed by atoms with Crippen molar-refractivity contribution in [2.24, 2.45) is 11.8 Å². The molecule has 0 bridgehead atoms. The van der Waals surface area contributed by atoms with E-state index in [-0.39, 0.29) is 0 Å². The highest BCUT2D eigenvalue weighted by Crippen LogP contribution is 2.30. The first-order valence-electron chi connectivity index (χ1n) is 9.51. The number of oxazole rings is 1. The molecule has 132 valence electrons. The molecule has 0 saturated heterocycles. The van der Waals surface area contributed by atoms with Gasteiger partial charge in [0.05, 0.1) is 0 Å². The van der Waals surface area contributed by atoms with Crippen molar-refractivity contribution in [2.75, 3.05) is 0 Å². The molecule has 3 aromatic rings. The third-order valence-corrected chi connectivity index (χ3v) is 4.75. The lowest BCUT2D eigenvalue weighted by atomic mass is 9.93. The molecule has 25 heavy (non-hydrogen) atoms. The number of hydrogen-bond acceptors (Lipinski definition) is 2. The molecule has 0 aliphatic carbocycles. The topological polar surface area (TPSA) is 26.0 Å². The second-order valence-corrected chi connectivity index (χ2v) is 7.80. The van der Waals surface area contributed by atoms with E-state index in [1.807, 2.05) is 18.2 Å². The van der Waals surface area contributed by atoms with Crippen LogP contribution in [-0.4, -0.2) is 4.98 Å². The maximum Gasteiger partial charge on any atom is 0.227 e. The minimum Gasteiger partial charge on any atom is -0.436 e. The van der Waals surface area contributed by atoms with Gasteiger partial charge in [-0.25, -0.2) is 4.98 Å². The first kappa shape index (κ1) is 17.7. The predicted molar refractivity (Wildman–Crippen MR) is 106 cm³/mol. The van der Waals surface area contributed by atoms with Crippen molar-refractivity contribution >= 4 is 11.1 Å². The van der Waals surface area contributed by atoms with E-state index in [0.717, 1.165) is 35.4 Å². The molecule has 0 N–H and O–H groups in total. The van der Waals surface area contributed by atoms with Gasteiger partial charge in [-0.2, -0.15) is 0 Å². The standard InChI is InChI=1S/C23H29NO/c1-16(2)10-12-18-13-15-21-22(20(18)14-11-17(3)4)24-23(25-21)19-8-6-5-7-9-19/h5-9,13,15-17H,10-12,14H2,1-4H3. The Balaban J connectivity index is 2.02. The monoisotopic (exact) mass is 335 g/mol. The number of aromatic nitrogens is 1. The summed E-state index contributed by atoms with van der Waals surface area (Å²) in [7, 11) is 0. The average Bonchev–Trinajstić information content (AvgIpc) is 3.03. The zero-order valence-electron chi connectivity index (χ0n) is 15.9. The van der Waals surface area contributed by atoms with Gasteiger partial charge in [-0.05, 0) is 66.8 Å². The molecule has 1 heterocycles. The van der Waals surface area contributed by atoms with Crippen LogP contribution in [0.4, 0.5) is 0 Å². The lowest BCUT2D eigenvalue weighted by molar-refractivity contribution is 0.572. The summed E-state index contributed by atoms with van der Waals surface area (Å²) in [6, 6.07) is 14.5. The molecule has 0 aliphatic heterocycles. The highest BCUT2D eigenvalue weighted by atomic mass is 16.3. The van der Waals surface area contributed by atoms with Crippen molar-refractivity contribution in [1.82, 2.24) is 4.98 Å². The molecule has 0 fully saturated rings. The van der Waals surface area contributed by atoms with Crippen molar-refractivity contribution in [3.63, 3.8) is 0 Å². The van der Waals surface area contributed by atoms with Crippen LogP contribution < -0.4 is 0 Å². The van der Waals surface area contributed by atoms with Crippen LogP contribution in [0.1, 0.15) is 51.7 Å². The summed E-state index contributed by atoms with van der Waals surface area (Å²) in [5.41, 5.74) is 5.83. The normalized spacial score (nSPS) is 11.8. The Morgan fingerprint density at radius 3 is 2.20 bits per heavy atom. The molecule has 2 nitrogen and oxygen atoms in total. The summed E-state index contributed by atoms with van der Waals surface area (Å²) in [5.74, 6) is 2.13. The van der Waals surface area contributed by atoms with Crippen LogP contribution in [0.25, 0.3) is 22.6 Å². The first-order valence-corrected chi connectivity index (χ1v) is 9.51. The van der Waals surface area contributed by atoms with Gasteiger partial charge in [0.2, 0.25) is 5.89 Å². The smallest absolute Gasteiger partial charge is 0.227 e. The second kappa shape index (κ2) is 7.86. The van der Waals surface area contributed by atoms with Crippen LogP contribution in [0.2, 0.25) is 0 Å². The average molecular weight is 335 g/mol. The number of nitrogens with zero attached hydrogens (tertiary/aromatic N) is 1. The van der Waals surface area contributed by atoms with E-state index in [1.54, 1.807) is 0 Å². The highest BCUT2D eigenvalue weighted by Gasteiger charge is 2.15. The molecular weight excluding hydrogens is 306 g/mol. The molecule has 2 heteroatoms. The minimum absolute atomic E-state index is 0.689. The third-order valence-electron chi connectivity index (χ3n) is 4.75. The summed E-state index contributed by atoms with van der Waals surface area (Å²) in [6.45, 7) is 9.14. The molecule has 0 amide bonds. The van der Waals surface area contributed by atoms with E-state index in [0.29, 0.717) is 11.8 Å². The Kier molecular flexibility index (Phi) is 5.57. The molecule has 0 radical (unpaired) electrons. The van der Waals surface area contributed by atoms with Crippen molar-refractivity contribution in [2.45, 2.75) is 53.4 Å². The number of rotatable bonds is 7. The van der Waals surface area contributed by atoms with E-state index in [2.05, 4.69) is 52.0 Å². The van der Waals surface area contributed by atoms with Crippen LogP contribution >= 0.6 is 0 Å². The molecule has 0 aliphatic rings. The van der Waals surface area contributed by atoms with E-state index in [1.165, 1.54) is 24.0 Å². The quantitative estimate of drug-likeness (QED) is 0.482. The Hall–Kier alpha value is -2.09. The van der Waals surface area contributed by atoms with Crippen molar-refractivity contribution in [3.8, 4) is 11.5 Å². The summed E-state index contributed by atoms with van der Waals surface area (Å²) >= 11 is 0. The second-order valence-electron chi connectivity index (χ2n) is 7.80. The van der Waals surface area contributed by atoms with Gasteiger partial charge >= 0.3 is 0 Å². The van der Waals surface area contributed by atoms with Crippen molar-refractivity contribution in [1.29, 1.82) is 0 Å². The van der Waals surface area contributed by atoms with E-state index in [4.69, 9.17) is 9.40 Å². The zero-order chi connectivity index (χ0) is 17.8. The number of hydrogen-bond donors (Lipinski definition) is 0. The fourth-order valence-electron chi connectivity index (χ4n) is 3.18. The Bertz CT molecular complexity index is 815. The molecule has 1 aromatic heterocycles. The van der Waals surface area contributed by atoms with Gasteiger partial charge in [0.25, 0.3) is 0 Å². The van der Waals surface area contributed by atoms with Crippen LogP contribution in [0.15, 0.2) is 46.9 Å². The van der Waals surface area contributed by atoms with E-state index >= 15 is 0 Å². The summed E-state index contributed by atoms with van der Waals surface area (Å²) in [4.78, 5) is 4.88. The molecule has 0 unspecified atom stereocenters. The Morgan fingerprint density at radius 2 is 1.52 bits per heavy atom. The fourth-order valence-corrected chi connectivity index (χ4v) is 3.18. The zero-order valence-corrected chi connectivity index (χ0v) is 15.9. The molecule has 0 atom stereocenters. The number of aryl methyl sites for hydroxylation is 2. The molecule has 3 rings (SSSR count). The highest BCUT2D eigenvalue weighted by molar-refractivity contribution is 5.81. The van der Waals surface area contributed by atoms with Crippen LogP contribution in [0.5, 0.6) is 0 Å². The van der Waals surface area contributed by atoms with E-state index in [9.17, 15) is 0 Å². The molecular formula is C23H29NO. The molecule has 2 aromatic carbocycles. The van der Waals surface area contributed by atoms with Gasteiger partial charge < -0.3 is 4.42 Å². The van der Waals surface area contributed by atoms with E-state index < -0.39 is 0 Å². The molecule has 0 spiro atoms. The van der Waals surface area contributed by atoms with Gasteiger partial charge in [-0.1, -0.05) is 52.0 Å². The summed E-state index contributed by atoms with van der Waals surface area (Å²) in [5, 5.41) is 0. The molecule has 0 saturated carbocycles. The number of benzene rings is 2. The maximum absolute atomic E-state index is 6.07. The summed E-state index contributed by atoms with van der Waals surface area (Å²) < 4.78 is 6.07. The van der Waals surface area contributed by atoms with Crippen LogP contribution in [0, 0.1) is 11.8 Å². The minimum atomic E-state index is 0.689. The van der Waals surface area contributed by atoms with Gasteiger partial charge in [0, 0.05) is 5.56 Å². The Morgan fingerprint density at radius 1 is 0.840 bits per heavy atom. The first-order chi connectivity index (χ1) is 12.0. The third kappa shape index (κ3) is 4.31. The van der Waals surface area contributed by atoms with Crippen LogP contribution in [0.3, 0.4) is 0 Å². The lowest BCUT2D eigenvalue weighted by Gasteiger charge is -2.12. The van der Waals surface area contributed by atoms with Gasteiger partial charge in [-0.3, -0.25) is 0 Å². The van der Waals surface area contributed by atoms with Gasteiger partial charge in [0.15, 0.2) is 5.58 Å². The number of fused-ring (bicyclic) bond motifs is 1. The summed E-state index contributed by atoms with van der Waals surface area (Å²) in [6.07, 6.45) is 4.59. The fraction of sp³-hybridized carbons (Fsp3) is 0.435. The van der Waals surface area contributed by atoms with Crippen molar-refractivity contribution in [3.05, 3.63) is 53.6 Å². The predicted octanol–water partition coefficient (Wildman–Crippen LogP) is 6.67. The maximum atomic E-state index is 6.07. The van der Waals surface area contributed by atoms with Gasteiger partial charge in [-0.15, -0.1) is 0 Å². The largest absolute Gasteiger partial charge is 0.436 e. The lowest BCUT2D eigenvalue weighted by Crippen LogP contribution is -2.01. The SMILES string of the molecule is CC(C)CCc1ccc2oc(-c3ccccc3)nc2c1CCC(C)C. The van der Waals surface area contributed by atoms with Crippen molar-refractivity contribution < 1.29 is 4.42 Å². The Labute approximate surface area is 151 Å². The van der Waals surface area contributed by atoms with Crippen LogP contribution in [-0.2, 0) is 12.8 Å².